The summed E-state index contributed by atoms with van der Waals surface area (Å²) in [6, 6.07) is 6.88. The van der Waals surface area contributed by atoms with Crippen molar-refractivity contribution in [2.75, 3.05) is 5.32 Å². The maximum atomic E-state index is 12.2. The van der Waals surface area contributed by atoms with E-state index in [0.717, 1.165) is 16.8 Å². The molecule has 2 N–H and O–H groups in total. The number of furan rings is 1. The highest BCUT2D eigenvalue weighted by atomic mass is 35.5. The van der Waals surface area contributed by atoms with Crippen LogP contribution in [-0.4, -0.2) is 16.1 Å². The molecule has 0 bridgehead atoms. The van der Waals surface area contributed by atoms with Crippen molar-refractivity contribution in [1.82, 2.24) is 10.2 Å². The number of benzene rings is 1. The second kappa shape index (κ2) is 4.68. The Hall–Kier alpha value is -2.27. The summed E-state index contributed by atoms with van der Waals surface area (Å²) in [4.78, 5) is 12.2. The van der Waals surface area contributed by atoms with E-state index in [1.807, 2.05) is 13.8 Å². The van der Waals surface area contributed by atoms with Gasteiger partial charge in [-0.25, -0.2) is 0 Å². The van der Waals surface area contributed by atoms with Crippen molar-refractivity contribution in [2.45, 2.75) is 13.8 Å². The number of hydrogen-bond acceptors (Lipinski definition) is 3. The molecule has 0 aliphatic heterocycles. The maximum absolute atomic E-state index is 12.2. The van der Waals surface area contributed by atoms with Crippen molar-refractivity contribution in [3.05, 3.63) is 46.4 Å². The Morgan fingerprint density at radius 1 is 1.35 bits per heavy atom. The standard InChI is InChI=1S/C14H12ClN3O2/c1-7-13(8(2)18-17-7)16-14(19)12-6-9-5-10(15)3-4-11(9)20-12/h3-6H,1-2H3,(H,16,19)(H,17,18). The van der Waals surface area contributed by atoms with Crippen LogP contribution in [0.5, 0.6) is 0 Å². The molecule has 5 nitrogen and oxygen atoms in total. The third-order valence-electron chi connectivity index (χ3n) is 3.07. The lowest BCUT2D eigenvalue weighted by atomic mass is 10.2. The van der Waals surface area contributed by atoms with Gasteiger partial charge in [-0.1, -0.05) is 11.6 Å². The molecule has 0 aliphatic carbocycles. The van der Waals surface area contributed by atoms with Gasteiger partial charge in [-0.2, -0.15) is 5.10 Å². The second-order valence-electron chi connectivity index (χ2n) is 4.56. The predicted octanol–water partition coefficient (Wildman–Crippen LogP) is 3.68. The van der Waals surface area contributed by atoms with Crippen molar-refractivity contribution >= 4 is 34.2 Å². The van der Waals surface area contributed by atoms with Gasteiger partial charge in [0, 0.05) is 10.4 Å². The van der Waals surface area contributed by atoms with E-state index in [0.29, 0.717) is 16.3 Å². The fourth-order valence-corrected chi connectivity index (χ4v) is 2.22. The van der Waals surface area contributed by atoms with Gasteiger partial charge in [0.05, 0.1) is 17.1 Å². The third kappa shape index (κ3) is 2.16. The van der Waals surface area contributed by atoms with Gasteiger partial charge in [-0.05, 0) is 38.1 Å². The van der Waals surface area contributed by atoms with Crippen molar-refractivity contribution < 1.29 is 9.21 Å². The van der Waals surface area contributed by atoms with Gasteiger partial charge in [0.25, 0.3) is 5.91 Å². The minimum atomic E-state index is -0.315. The topological polar surface area (TPSA) is 70.9 Å². The number of aryl methyl sites for hydroxylation is 2. The van der Waals surface area contributed by atoms with Gasteiger partial charge in [-0.15, -0.1) is 0 Å². The van der Waals surface area contributed by atoms with Crippen LogP contribution in [0, 0.1) is 13.8 Å². The maximum Gasteiger partial charge on any atom is 0.291 e. The molecule has 0 spiro atoms. The number of nitrogens with one attached hydrogen (secondary N) is 2. The normalized spacial score (nSPS) is 10.9. The van der Waals surface area contributed by atoms with Crippen molar-refractivity contribution in [3.63, 3.8) is 0 Å². The number of halogens is 1. The number of aromatic amines is 1. The molecular formula is C14H12ClN3O2. The zero-order chi connectivity index (χ0) is 14.3. The molecule has 0 aliphatic rings. The van der Waals surface area contributed by atoms with Crippen LogP contribution in [0.1, 0.15) is 21.9 Å². The quantitative estimate of drug-likeness (QED) is 0.756. The number of H-pyrrole nitrogens is 1. The monoisotopic (exact) mass is 289 g/mol. The first-order valence-electron chi connectivity index (χ1n) is 6.06. The summed E-state index contributed by atoms with van der Waals surface area (Å²) in [5.74, 6) is -0.0767. The van der Waals surface area contributed by atoms with Crippen molar-refractivity contribution in [2.24, 2.45) is 0 Å². The Bertz CT molecular complexity index is 784. The highest BCUT2D eigenvalue weighted by molar-refractivity contribution is 6.31. The highest BCUT2D eigenvalue weighted by Crippen LogP contribution is 2.24. The molecule has 1 amide bonds. The fourth-order valence-electron chi connectivity index (χ4n) is 2.04. The first-order valence-corrected chi connectivity index (χ1v) is 6.44. The number of fused-ring (bicyclic) bond motifs is 1. The summed E-state index contributed by atoms with van der Waals surface area (Å²) < 4.78 is 5.51. The van der Waals surface area contributed by atoms with E-state index < -0.39 is 0 Å². The molecule has 3 rings (SSSR count). The Labute approximate surface area is 119 Å². The SMILES string of the molecule is Cc1n[nH]c(C)c1NC(=O)c1cc2cc(Cl)ccc2o1. The molecule has 2 heterocycles. The van der Waals surface area contributed by atoms with E-state index in [1.54, 1.807) is 24.3 Å². The van der Waals surface area contributed by atoms with Crippen LogP contribution in [-0.2, 0) is 0 Å². The average Bonchev–Trinajstić information content (AvgIpc) is 2.96. The Balaban J connectivity index is 1.93. The number of rotatable bonds is 2. The predicted molar refractivity (Wildman–Crippen MR) is 77.2 cm³/mol. The van der Waals surface area contributed by atoms with Crippen LogP contribution in [0.15, 0.2) is 28.7 Å². The summed E-state index contributed by atoms with van der Waals surface area (Å²) in [5, 5.41) is 11.0. The third-order valence-corrected chi connectivity index (χ3v) is 3.30. The molecule has 0 saturated carbocycles. The van der Waals surface area contributed by atoms with Crippen LogP contribution in [0.2, 0.25) is 5.02 Å². The summed E-state index contributed by atoms with van der Waals surface area (Å²) >= 11 is 5.91. The lowest BCUT2D eigenvalue weighted by molar-refractivity contribution is 0.0998. The molecule has 0 atom stereocenters. The largest absolute Gasteiger partial charge is 0.451 e. The minimum Gasteiger partial charge on any atom is -0.451 e. The Morgan fingerprint density at radius 3 is 2.85 bits per heavy atom. The summed E-state index contributed by atoms with van der Waals surface area (Å²) in [6.07, 6.45) is 0. The summed E-state index contributed by atoms with van der Waals surface area (Å²) in [5.41, 5.74) is 2.83. The lowest BCUT2D eigenvalue weighted by Gasteiger charge is -2.02. The van der Waals surface area contributed by atoms with Crippen LogP contribution < -0.4 is 5.32 Å². The van der Waals surface area contributed by atoms with E-state index >= 15 is 0 Å². The molecule has 6 heteroatoms. The van der Waals surface area contributed by atoms with Gasteiger partial charge in [-0.3, -0.25) is 9.89 Å². The number of hydrogen-bond donors (Lipinski definition) is 2. The second-order valence-corrected chi connectivity index (χ2v) is 4.99. The molecule has 0 saturated heterocycles. The van der Waals surface area contributed by atoms with E-state index in [1.165, 1.54) is 0 Å². The fraction of sp³-hybridized carbons (Fsp3) is 0.143. The lowest BCUT2D eigenvalue weighted by Crippen LogP contribution is -2.11. The van der Waals surface area contributed by atoms with E-state index in [9.17, 15) is 4.79 Å². The molecule has 0 unspecified atom stereocenters. The van der Waals surface area contributed by atoms with Crippen molar-refractivity contribution in [1.29, 1.82) is 0 Å². The van der Waals surface area contributed by atoms with Gasteiger partial charge in [0.1, 0.15) is 5.58 Å². The number of aromatic nitrogens is 2. The van der Waals surface area contributed by atoms with Gasteiger partial charge < -0.3 is 9.73 Å². The molecule has 1 aromatic carbocycles. The van der Waals surface area contributed by atoms with Crippen molar-refractivity contribution in [3.8, 4) is 0 Å². The minimum absolute atomic E-state index is 0.238. The average molecular weight is 290 g/mol. The first-order chi connectivity index (χ1) is 9.54. The summed E-state index contributed by atoms with van der Waals surface area (Å²) in [6.45, 7) is 3.66. The number of anilines is 1. The zero-order valence-electron chi connectivity index (χ0n) is 11.0. The van der Waals surface area contributed by atoms with E-state index in [2.05, 4.69) is 15.5 Å². The molecule has 102 valence electrons. The van der Waals surface area contributed by atoms with Gasteiger partial charge in [0.2, 0.25) is 0 Å². The number of nitrogens with zero attached hydrogens (tertiary/aromatic N) is 1. The highest BCUT2D eigenvalue weighted by Gasteiger charge is 2.16. The van der Waals surface area contributed by atoms with Crippen LogP contribution in [0.25, 0.3) is 11.0 Å². The number of amides is 1. The molecule has 0 radical (unpaired) electrons. The molecular weight excluding hydrogens is 278 g/mol. The Kier molecular flexibility index (Phi) is 2.99. The summed E-state index contributed by atoms with van der Waals surface area (Å²) in [7, 11) is 0. The smallest absolute Gasteiger partial charge is 0.291 e. The van der Waals surface area contributed by atoms with Crippen LogP contribution >= 0.6 is 11.6 Å². The van der Waals surface area contributed by atoms with Crippen LogP contribution in [0.4, 0.5) is 5.69 Å². The van der Waals surface area contributed by atoms with E-state index in [4.69, 9.17) is 16.0 Å². The van der Waals surface area contributed by atoms with Gasteiger partial charge >= 0.3 is 0 Å². The molecule has 2 aromatic heterocycles. The first kappa shape index (κ1) is 12.7. The molecule has 3 aromatic rings. The van der Waals surface area contributed by atoms with Crippen LogP contribution in [0.3, 0.4) is 0 Å². The Morgan fingerprint density at radius 2 is 2.15 bits per heavy atom. The number of carbonyl (C=O) groups excluding carboxylic acids is 1. The molecule has 20 heavy (non-hydrogen) atoms. The zero-order valence-corrected chi connectivity index (χ0v) is 11.7. The molecule has 0 fully saturated rings. The number of carbonyl (C=O) groups is 1. The van der Waals surface area contributed by atoms with E-state index in [-0.39, 0.29) is 11.7 Å². The van der Waals surface area contributed by atoms with Gasteiger partial charge in [0.15, 0.2) is 5.76 Å².